The fraction of sp³-hybridized carbons (Fsp3) is 0.226. The van der Waals surface area contributed by atoms with Gasteiger partial charge in [-0.3, -0.25) is 4.40 Å². The van der Waals surface area contributed by atoms with Crippen LogP contribution in [-0.4, -0.2) is 43.6 Å². The summed E-state index contributed by atoms with van der Waals surface area (Å²) in [5.41, 5.74) is 15.9. The first kappa shape index (κ1) is 23.8. The van der Waals surface area contributed by atoms with Gasteiger partial charge in [-0.25, -0.2) is 9.97 Å². The zero-order valence-electron chi connectivity index (χ0n) is 21.9. The van der Waals surface area contributed by atoms with E-state index in [1.165, 1.54) is 0 Å². The van der Waals surface area contributed by atoms with E-state index in [9.17, 15) is 0 Å². The SMILES string of the molecule is Cc1ncsc1-c1nnc2c3cc(-c4ccccc4)c(-c4ccc(C5(N)CC6(C5)OCCO6)cc4)nc3ccn12. The van der Waals surface area contributed by atoms with Gasteiger partial charge < -0.3 is 15.2 Å². The minimum Gasteiger partial charge on any atom is -0.347 e. The molecule has 40 heavy (non-hydrogen) atoms. The van der Waals surface area contributed by atoms with E-state index in [1.54, 1.807) is 11.3 Å². The van der Waals surface area contributed by atoms with Crippen LogP contribution in [0.3, 0.4) is 0 Å². The Morgan fingerprint density at radius 1 is 0.925 bits per heavy atom. The van der Waals surface area contributed by atoms with Crippen LogP contribution in [-0.2, 0) is 15.0 Å². The average molecular weight is 547 g/mol. The summed E-state index contributed by atoms with van der Waals surface area (Å²) in [4.78, 5) is 10.6. The summed E-state index contributed by atoms with van der Waals surface area (Å²) in [6.07, 6.45) is 3.33. The van der Waals surface area contributed by atoms with Crippen LogP contribution in [0, 0.1) is 6.92 Å². The second-order valence-electron chi connectivity index (χ2n) is 10.7. The van der Waals surface area contributed by atoms with Crippen molar-refractivity contribution in [2.45, 2.75) is 31.1 Å². The summed E-state index contributed by atoms with van der Waals surface area (Å²) >= 11 is 1.57. The van der Waals surface area contributed by atoms with E-state index in [0.717, 1.165) is 60.9 Å². The number of hydrogen-bond donors (Lipinski definition) is 1. The maximum atomic E-state index is 6.77. The van der Waals surface area contributed by atoms with Gasteiger partial charge in [0.25, 0.3) is 0 Å². The first-order valence-electron chi connectivity index (χ1n) is 13.3. The Bertz CT molecular complexity index is 1880. The van der Waals surface area contributed by atoms with Crippen LogP contribution in [0.1, 0.15) is 24.1 Å². The van der Waals surface area contributed by atoms with Gasteiger partial charge in [0.15, 0.2) is 17.3 Å². The van der Waals surface area contributed by atoms with Gasteiger partial charge in [0.1, 0.15) is 0 Å². The van der Waals surface area contributed by atoms with Gasteiger partial charge in [-0.2, -0.15) is 0 Å². The third-order valence-corrected chi connectivity index (χ3v) is 9.04. The highest BCUT2D eigenvalue weighted by Gasteiger charge is 2.57. The van der Waals surface area contributed by atoms with Gasteiger partial charge in [-0.15, -0.1) is 21.5 Å². The van der Waals surface area contributed by atoms with Crippen molar-refractivity contribution in [3.8, 4) is 33.1 Å². The van der Waals surface area contributed by atoms with Crippen LogP contribution < -0.4 is 5.73 Å². The van der Waals surface area contributed by atoms with Crippen LogP contribution in [0.2, 0.25) is 0 Å². The van der Waals surface area contributed by atoms with Crippen molar-refractivity contribution >= 4 is 27.9 Å². The lowest BCUT2D eigenvalue weighted by Gasteiger charge is -2.50. The van der Waals surface area contributed by atoms with E-state index in [-0.39, 0.29) is 0 Å². The molecule has 5 heterocycles. The molecule has 0 bridgehead atoms. The number of benzene rings is 2. The lowest BCUT2D eigenvalue weighted by molar-refractivity contribution is -0.239. The summed E-state index contributed by atoms with van der Waals surface area (Å²) in [6, 6.07) is 23.0. The Morgan fingerprint density at radius 2 is 1.70 bits per heavy atom. The molecule has 9 heteroatoms. The van der Waals surface area contributed by atoms with Gasteiger partial charge in [0.2, 0.25) is 0 Å². The van der Waals surface area contributed by atoms with Crippen LogP contribution in [0.5, 0.6) is 0 Å². The van der Waals surface area contributed by atoms with Crippen LogP contribution >= 0.6 is 11.3 Å². The monoisotopic (exact) mass is 546 g/mol. The Morgan fingerprint density at radius 3 is 2.42 bits per heavy atom. The minimum atomic E-state index is -0.501. The molecular weight excluding hydrogens is 520 g/mol. The largest absolute Gasteiger partial charge is 0.347 e. The van der Waals surface area contributed by atoms with Gasteiger partial charge in [-0.05, 0) is 30.2 Å². The van der Waals surface area contributed by atoms with E-state index in [2.05, 4.69) is 57.6 Å². The molecule has 198 valence electrons. The number of aromatic nitrogens is 5. The van der Waals surface area contributed by atoms with Crippen molar-refractivity contribution in [3.05, 3.63) is 89.7 Å². The Labute approximate surface area is 234 Å². The molecule has 0 radical (unpaired) electrons. The maximum absolute atomic E-state index is 6.77. The first-order valence-corrected chi connectivity index (χ1v) is 14.2. The number of hydrogen-bond acceptors (Lipinski definition) is 8. The minimum absolute atomic E-state index is 0.449. The second-order valence-corrected chi connectivity index (χ2v) is 11.5. The van der Waals surface area contributed by atoms with Gasteiger partial charge in [0.05, 0.1) is 46.0 Å². The summed E-state index contributed by atoms with van der Waals surface area (Å²) in [5, 5.41) is 10.1. The highest BCUT2D eigenvalue weighted by atomic mass is 32.1. The van der Waals surface area contributed by atoms with Crippen molar-refractivity contribution < 1.29 is 9.47 Å². The molecule has 0 unspecified atom stereocenters. The van der Waals surface area contributed by atoms with E-state index in [1.807, 2.05) is 47.3 Å². The topological polar surface area (TPSA) is 100 Å². The van der Waals surface area contributed by atoms with Crippen molar-refractivity contribution in [1.82, 2.24) is 24.6 Å². The van der Waals surface area contributed by atoms with Crippen molar-refractivity contribution in [1.29, 1.82) is 0 Å². The highest BCUT2D eigenvalue weighted by Crippen LogP contribution is 2.51. The van der Waals surface area contributed by atoms with Gasteiger partial charge in [0, 0.05) is 35.6 Å². The number of nitrogens with two attached hydrogens (primary N) is 1. The number of pyridine rings is 2. The molecule has 2 N–H and O–H groups in total. The summed E-state index contributed by atoms with van der Waals surface area (Å²) in [6.45, 7) is 3.27. The Kier molecular flexibility index (Phi) is 5.21. The normalized spacial score (nSPS) is 17.6. The Hall–Kier alpha value is -4.02. The van der Waals surface area contributed by atoms with Gasteiger partial charge in [-0.1, -0.05) is 54.6 Å². The van der Waals surface area contributed by atoms with Crippen molar-refractivity contribution in [2.75, 3.05) is 13.2 Å². The fourth-order valence-corrected chi connectivity index (χ4v) is 6.88. The molecule has 0 atom stereocenters. The maximum Gasteiger partial charge on any atom is 0.180 e. The zero-order valence-corrected chi connectivity index (χ0v) is 22.7. The van der Waals surface area contributed by atoms with Crippen LogP contribution in [0.25, 0.3) is 49.6 Å². The van der Waals surface area contributed by atoms with Crippen molar-refractivity contribution in [2.24, 2.45) is 5.73 Å². The summed E-state index contributed by atoms with van der Waals surface area (Å²) < 4.78 is 13.7. The molecule has 4 aromatic heterocycles. The number of fused-ring (bicyclic) bond motifs is 3. The third kappa shape index (κ3) is 3.62. The number of ether oxygens (including phenoxy) is 2. The third-order valence-electron chi connectivity index (χ3n) is 8.12. The molecule has 6 aromatic rings. The van der Waals surface area contributed by atoms with Crippen LogP contribution in [0.15, 0.2) is 78.4 Å². The zero-order chi connectivity index (χ0) is 26.9. The van der Waals surface area contributed by atoms with Gasteiger partial charge >= 0.3 is 0 Å². The molecule has 0 amide bonds. The number of thiazole rings is 1. The molecule has 1 spiro atoms. The van der Waals surface area contributed by atoms with E-state index >= 15 is 0 Å². The molecule has 8 rings (SSSR count). The van der Waals surface area contributed by atoms with E-state index in [0.29, 0.717) is 26.1 Å². The summed E-state index contributed by atoms with van der Waals surface area (Å²) in [7, 11) is 0. The molecule has 1 saturated heterocycles. The molecule has 1 aliphatic carbocycles. The molecule has 2 fully saturated rings. The Balaban J connectivity index is 1.24. The quantitative estimate of drug-likeness (QED) is 0.301. The predicted octanol–water partition coefficient (Wildman–Crippen LogP) is 5.73. The molecule has 1 aliphatic heterocycles. The molecular formula is C31H26N6O2S. The molecule has 1 saturated carbocycles. The van der Waals surface area contributed by atoms with E-state index < -0.39 is 11.3 Å². The molecule has 8 nitrogen and oxygen atoms in total. The lowest BCUT2D eigenvalue weighted by atomic mass is 9.68. The lowest BCUT2D eigenvalue weighted by Crippen LogP contribution is -2.60. The highest BCUT2D eigenvalue weighted by molar-refractivity contribution is 7.13. The average Bonchev–Trinajstić information content (AvgIpc) is 3.72. The van der Waals surface area contributed by atoms with Crippen molar-refractivity contribution in [3.63, 3.8) is 0 Å². The molecule has 2 aliphatic rings. The number of aryl methyl sites for hydroxylation is 1. The van der Waals surface area contributed by atoms with E-state index in [4.69, 9.17) is 20.2 Å². The number of nitrogens with zero attached hydrogens (tertiary/aromatic N) is 5. The fourth-order valence-electron chi connectivity index (χ4n) is 6.10. The van der Waals surface area contributed by atoms with Crippen LogP contribution in [0.4, 0.5) is 0 Å². The second kappa shape index (κ2) is 8.74. The smallest absolute Gasteiger partial charge is 0.180 e. The summed E-state index contributed by atoms with van der Waals surface area (Å²) in [5.74, 6) is 0.291. The molecule has 2 aromatic carbocycles. The number of rotatable bonds is 4. The standard InChI is InChI=1S/C31H26N6O2S/c1-19-27(40-18-33-19)29-36-35-28-24-15-23(20-5-3-2-4-6-20)26(34-25(24)11-12-37(28)29)21-7-9-22(10-8-21)30(32)16-31(17-30)38-13-14-39-31/h2-12,15,18H,13-14,16-17,32H2,1H3. The predicted molar refractivity (Wildman–Crippen MR) is 155 cm³/mol. The first-order chi connectivity index (χ1) is 19.5.